The molecule has 0 fully saturated rings. The predicted octanol–water partition coefficient (Wildman–Crippen LogP) is 1.60. The van der Waals surface area contributed by atoms with Crippen LogP contribution in [0.3, 0.4) is 0 Å². The van der Waals surface area contributed by atoms with E-state index in [1.807, 2.05) is 22.6 Å². The Morgan fingerprint density at radius 2 is 2.06 bits per heavy atom. The molecule has 2 aromatic heterocycles. The third-order valence-electron chi connectivity index (χ3n) is 2.02. The number of hydrogen-bond acceptors (Lipinski definition) is 3. The van der Waals surface area contributed by atoms with Crippen molar-refractivity contribution in [1.29, 1.82) is 0 Å². The first-order valence-electron chi connectivity index (χ1n) is 4.70. The summed E-state index contributed by atoms with van der Waals surface area (Å²) >= 11 is 2.03. The summed E-state index contributed by atoms with van der Waals surface area (Å²) in [6.07, 6.45) is -1.96. The van der Waals surface area contributed by atoms with Crippen LogP contribution in [0.25, 0.3) is 5.82 Å². The summed E-state index contributed by atoms with van der Waals surface area (Å²) in [5.41, 5.74) is -0.874. The van der Waals surface area contributed by atoms with Gasteiger partial charge in [0, 0.05) is 9.77 Å². The van der Waals surface area contributed by atoms with Crippen molar-refractivity contribution in [3.05, 3.63) is 38.7 Å². The average Bonchev–Trinajstić information content (AvgIpc) is 2.60. The number of hydrogen-bond donors (Lipinski definition) is 0. The SMILES string of the molecule is O=c1n(-c2ccc(I)cn2)cnn1CC(F)(F)F. The minimum atomic E-state index is -4.48. The maximum Gasteiger partial charge on any atom is 0.408 e. The van der Waals surface area contributed by atoms with Gasteiger partial charge in [0.2, 0.25) is 0 Å². The van der Waals surface area contributed by atoms with Crippen molar-refractivity contribution in [2.45, 2.75) is 12.7 Å². The Morgan fingerprint density at radius 1 is 1.33 bits per heavy atom. The summed E-state index contributed by atoms with van der Waals surface area (Å²) in [6, 6.07) is 3.22. The van der Waals surface area contributed by atoms with Gasteiger partial charge in [0.15, 0.2) is 0 Å². The zero-order chi connectivity index (χ0) is 13.3. The Balaban J connectivity index is 2.37. The zero-order valence-corrected chi connectivity index (χ0v) is 10.9. The molecule has 0 amide bonds. The van der Waals surface area contributed by atoms with Gasteiger partial charge < -0.3 is 0 Å². The number of aromatic nitrogens is 4. The molecule has 0 unspecified atom stereocenters. The summed E-state index contributed by atoms with van der Waals surface area (Å²) in [7, 11) is 0. The molecule has 2 rings (SSSR count). The lowest BCUT2D eigenvalue weighted by atomic mass is 10.5. The third-order valence-corrected chi connectivity index (χ3v) is 2.66. The molecule has 0 saturated heterocycles. The van der Waals surface area contributed by atoms with Gasteiger partial charge in [-0.3, -0.25) is 0 Å². The molecule has 0 bridgehead atoms. The molecule has 0 spiro atoms. The molecule has 96 valence electrons. The lowest BCUT2D eigenvalue weighted by Gasteiger charge is -2.04. The zero-order valence-electron chi connectivity index (χ0n) is 8.73. The maximum atomic E-state index is 12.2. The summed E-state index contributed by atoms with van der Waals surface area (Å²) in [5, 5.41) is 3.41. The van der Waals surface area contributed by atoms with E-state index >= 15 is 0 Å². The monoisotopic (exact) mass is 370 g/mol. The van der Waals surface area contributed by atoms with E-state index in [2.05, 4.69) is 10.1 Å². The lowest BCUT2D eigenvalue weighted by molar-refractivity contribution is -0.143. The molecule has 2 aromatic rings. The van der Waals surface area contributed by atoms with Gasteiger partial charge >= 0.3 is 11.9 Å². The van der Waals surface area contributed by atoms with Crippen LogP contribution >= 0.6 is 22.6 Å². The summed E-state index contributed by atoms with van der Waals surface area (Å²) in [4.78, 5) is 15.6. The Kier molecular flexibility index (Phi) is 3.41. The van der Waals surface area contributed by atoms with Gasteiger partial charge in [-0.05, 0) is 34.7 Å². The molecule has 0 N–H and O–H groups in total. The van der Waals surface area contributed by atoms with Gasteiger partial charge in [0.25, 0.3) is 0 Å². The largest absolute Gasteiger partial charge is 0.408 e. The van der Waals surface area contributed by atoms with Crippen molar-refractivity contribution in [3.63, 3.8) is 0 Å². The van der Waals surface area contributed by atoms with Gasteiger partial charge in [-0.15, -0.1) is 0 Å². The molecule has 5 nitrogen and oxygen atoms in total. The molecule has 0 atom stereocenters. The topological polar surface area (TPSA) is 52.7 Å². The second-order valence-electron chi connectivity index (χ2n) is 3.39. The van der Waals surface area contributed by atoms with Crippen LogP contribution in [0, 0.1) is 3.57 Å². The minimum Gasteiger partial charge on any atom is -0.246 e. The molecule has 0 aromatic carbocycles. The molecule has 2 heterocycles. The predicted molar refractivity (Wildman–Crippen MR) is 64.4 cm³/mol. The minimum absolute atomic E-state index is 0.230. The number of halogens is 4. The van der Waals surface area contributed by atoms with Crippen LogP contribution in [0.4, 0.5) is 13.2 Å². The fourth-order valence-electron chi connectivity index (χ4n) is 1.28. The maximum absolute atomic E-state index is 12.2. The quantitative estimate of drug-likeness (QED) is 0.755. The first-order chi connectivity index (χ1) is 8.37. The highest BCUT2D eigenvalue weighted by Crippen LogP contribution is 2.15. The number of alkyl halides is 3. The fourth-order valence-corrected chi connectivity index (χ4v) is 1.60. The van der Waals surface area contributed by atoms with Crippen LogP contribution in [-0.4, -0.2) is 25.5 Å². The Morgan fingerprint density at radius 3 is 2.61 bits per heavy atom. The van der Waals surface area contributed by atoms with E-state index in [0.717, 1.165) is 14.5 Å². The van der Waals surface area contributed by atoms with Gasteiger partial charge in [0.05, 0.1) is 0 Å². The van der Waals surface area contributed by atoms with Crippen LogP contribution in [0.5, 0.6) is 0 Å². The van der Waals surface area contributed by atoms with E-state index in [9.17, 15) is 18.0 Å². The van der Waals surface area contributed by atoms with Crippen molar-refractivity contribution in [2.75, 3.05) is 0 Å². The highest BCUT2D eigenvalue weighted by Gasteiger charge is 2.30. The molecular weight excluding hydrogens is 364 g/mol. The van der Waals surface area contributed by atoms with Crippen LogP contribution in [0.2, 0.25) is 0 Å². The van der Waals surface area contributed by atoms with Gasteiger partial charge in [-0.25, -0.2) is 19.0 Å². The first kappa shape index (κ1) is 13.1. The van der Waals surface area contributed by atoms with E-state index in [1.165, 1.54) is 12.3 Å². The van der Waals surface area contributed by atoms with E-state index in [0.29, 0.717) is 4.68 Å². The standard InChI is InChI=1S/C9H6F3IN4O/c10-9(11,12)4-17-8(18)16(5-15-17)7-2-1-6(13)3-14-7/h1-3,5H,4H2. The summed E-state index contributed by atoms with van der Waals surface area (Å²) in [5.74, 6) is 0.230. The van der Waals surface area contributed by atoms with Crippen molar-refractivity contribution < 1.29 is 13.2 Å². The summed E-state index contributed by atoms with van der Waals surface area (Å²) < 4.78 is 38.6. The van der Waals surface area contributed by atoms with Crippen molar-refractivity contribution >= 4 is 22.6 Å². The number of nitrogens with zero attached hydrogens (tertiary/aromatic N) is 4. The van der Waals surface area contributed by atoms with E-state index in [1.54, 1.807) is 6.07 Å². The van der Waals surface area contributed by atoms with E-state index in [-0.39, 0.29) is 5.82 Å². The average molecular weight is 370 g/mol. The van der Waals surface area contributed by atoms with Gasteiger partial charge in [0.1, 0.15) is 18.7 Å². The van der Waals surface area contributed by atoms with Crippen LogP contribution in [-0.2, 0) is 6.54 Å². The highest BCUT2D eigenvalue weighted by molar-refractivity contribution is 14.1. The molecule has 18 heavy (non-hydrogen) atoms. The Labute approximate surface area is 112 Å². The Bertz CT molecular complexity index is 602. The molecule has 0 aliphatic rings. The molecule has 0 aliphatic carbocycles. The Hall–Kier alpha value is -1.39. The second-order valence-corrected chi connectivity index (χ2v) is 4.64. The first-order valence-corrected chi connectivity index (χ1v) is 5.78. The van der Waals surface area contributed by atoms with Crippen LogP contribution in [0.1, 0.15) is 0 Å². The van der Waals surface area contributed by atoms with E-state index in [4.69, 9.17) is 0 Å². The molecule has 9 heteroatoms. The fraction of sp³-hybridized carbons (Fsp3) is 0.222. The van der Waals surface area contributed by atoms with Gasteiger partial charge in [-0.2, -0.15) is 18.3 Å². The third kappa shape index (κ3) is 2.89. The molecule has 0 saturated carbocycles. The van der Waals surface area contributed by atoms with Crippen molar-refractivity contribution in [1.82, 2.24) is 19.3 Å². The smallest absolute Gasteiger partial charge is 0.246 e. The number of rotatable bonds is 2. The number of pyridine rings is 1. The second kappa shape index (κ2) is 4.71. The molecule has 0 radical (unpaired) electrons. The van der Waals surface area contributed by atoms with Crippen molar-refractivity contribution in [2.24, 2.45) is 0 Å². The molecular formula is C9H6F3IN4O. The highest BCUT2D eigenvalue weighted by atomic mass is 127. The van der Waals surface area contributed by atoms with Crippen LogP contribution < -0.4 is 5.69 Å². The molecule has 0 aliphatic heterocycles. The van der Waals surface area contributed by atoms with Gasteiger partial charge in [-0.1, -0.05) is 0 Å². The van der Waals surface area contributed by atoms with E-state index < -0.39 is 18.4 Å². The summed E-state index contributed by atoms with van der Waals surface area (Å²) in [6.45, 7) is -1.41. The van der Waals surface area contributed by atoms with Crippen LogP contribution in [0.15, 0.2) is 29.5 Å². The normalized spacial score (nSPS) is 11.8. The van der Waals surface area contributed by atoms with Crippen molar-refractivity contribution in [3.8, 4) is 5.82 Å². The lowest BCUT2D eigenvalue weighted by Crippen LogP contribution is -2.30.